The van der Waals surface area contributed by atoms with Gasteiger partial charge in [0, 0.05) is 11.3 Å². The minimum Gasteiger partial charge on any atom is -0.326 e. The third kappa shape index (κ3) is 2.90. The molecule has 0 fully saturated rings. The van der Waals surface area contributed by atoms with Crippen molar-refractivity contribution in [2.75, 3.05) is 6.26 Å². The number of nitrogens with zero attached hydrogens (tertiary/aromatic N) is 3. The number of hydrogen-bond donors (Lipinski definition) is 0. The van der Waals surface area contributed by atoms with Crippen LogP contribution in [-0.4, -0.2) is 20.6 Å². The molecule has 21 heavy (non-hydrogen) atoms. The second kappa shape index (κ2) is 6.72. The van der Waals surface area contributed by atoms with Crippen molar-refractivity contribution in [1.82, 2.24) is 9.55 Å². The molecule has 0 spiro atoms. The monoisotopic (exact) mass is 321 g/mol. The van der Waals surface area contributed by atoms with Crippen LogP contribution in [0.2, 0.25) is 0 Å². The molecule has 0 aliphatic rings. The Bertz CT molecular complexity index is 660. The molecule has 0 saturated heterocycles. The van der Waals surface area contributed by atoms with Gasteiger partial charge in [0.05, 0.1) is 17.0 Å². The summed E-state index contributed by atoms with van der Waals surface area (Å²) in [5.74, 6) is 1.20. The first-order valence-electron chi connectivity index (χ1n) is 7.14. The zero-order chi connectivity index (χ0) is 15.5. The summed E-state index contributed by atoms with van der Waals surface area (Å²) in [5, 5.41) is 9.24. The molecule has 0 amide bonds. The molecule has 0 radical (unpaired) electrons. The van der Waals surface area contributed by atoms with Crippen LogP contribution >= 0.6 is 23.4 Å². The van der Waals surface area contributed by atoms with Gasteiger partial charge in [0.1, 0.15) is 17.4 Å². The molecule has 0 N–H and O–H groups in total. The lowest BCUT2D eigenvalue weighted by atomic mass is 10.0. The fourth-order valence-electron chi connectivity index (χ4n) is 2.68. The van der Waals surface area contributed by atoms with E-state index < -0.39 is 0 Å². The van der Waals surface area contributed by atoms with Crippen molar-refractivity contribution in [3.8, 4) is 6.07 Å². The van der Waals surface area contributed by atoms with Gasteiger partial charge in [-0.25, -0.2) is 4.98 Å². The third-order valence-corrected chi connectivity index (χ3v) is 6.08. The summed E-state index contributed by atoms with van der Waals surface area (Å²) >= 11 is 7.98. The lowest BCUT2D eigenvalue weighted by Crippen LogP contribution is -2.29. The molecule has 0 saturated carbocycles. The summed E-state index contributed by atoms with van der Waals surface area (Å²) in [6.45, 7) is 5.31. The van der Waals surface area contributed by atoms with Gasteiger partial charge in [0.25, 0.3) is 0 Å². The molecular formula is C16H20ClN3S. The Hall–Kier alpha value is -1.18. The summed E-state index contributed by atoms with van der Waals surface area (Å²) in [5.41, 5.74) is 2.38. The van der Waals surface area contributed by atoms with Crippen LogP contribution in [0.5, 0.6) is 0 Å². The van der Waals surface area contributed by atoms with E-state index in [1.165, 1.54) is 0 Å². The van der Waals surface area contributed by atoms with E-state index in [4.69, 9.17) is 11.6 Å². The lowest BCUT2D eigenvalue weighted by molar-refractivity contribution is 0.466. The Balaban J connectivity index is 2.60. The molecular weight excluding hydrogens is 302 g/mol. The van der Waals surface area contributed by atoms with Crippen molar-refractivity contribution in [1.29, 1.82) is 5.26 Å². The first-order chi connectivity index (χ1) is 10.1. The van der Waals surface area contributed by atoms with E-state index in [0.717, 1.165) is 36.2 Å². The average molecular weight is 322 g/mol. The van der Waals surface area contributed by atoms with E-state index in [2.05, 4.69) is 35.7 Å². The van der Waals surface area contributed by atoms with E-state index in [0.29, 0.717) is 11.4 Å². The van der Waals surface area contributed by atoms with Crippen molar-refractivity contribution >= 4 is 34.4 Å². The van der Waals surface area contributed by atoms with Crippen molar-refractivity contribution in [2.24, 2.45) is 0 Å². The molecule has 3 nitrogen and oxygen atoms in total. The minimum absolute atomic E-state index is 0.178. The number of alkyl halides is 1. The van der Waals surface area contributed by atoms with Crippen LogP contribution in [0.1, 0.15) is 38.1 Å². The van der Waals surface area contributed by atoms with Gasteiger partial charge in [0.2, 0.25) is 0 Å². The van der Waals surface area contributed by atoms with Gasteiger partial charge >= 0.3 is 0 Å². The van der Waals surface area contributed by atoms with Gasteiger partial charge in [-0.15, -0.1) is 11.6 Å². The van der Waals surface area contributed by atoms with Crippen LogP contribution in [0.25, 0.3) is 11.0 Å². The summed E-state index contributed by atoms with van der Waals surface area (Å²) in [7, 11) is 0. The topological polar surface area (TPSA) is 41.6 Å². The molecule has 2 rings (SSSR count). The molecule has 0 aliphatic heterocycles. The molecule has 1 aromatic carbocycles. The number of nitriles is 1. The van der Waals surface area contributed by atoms with Gasteiger partial charge in [0.15, 0.2) is 0 Å². The molecule has 5 heteroatoms. The van der Waals surface area contributed by atoms with E-state index in [1.807, 2.05) is 23.9 Å². The molecule has 0 unspecified atom stereocenters. The zero-order valence-electron chi connectivity index (χ0n) is 12.7. The highest BCUT2D eigenvalue weighted by atomic mass is 35.5. The predicted octanol–water partition coefficient (Wildman–Crippen LogP) is 4.57. The maximum absolute atomic E-state index is 9.24. The SMILES string of the molecule is CCC(CC)(Cn1c(CCl)nc2c(C#N)cccc21)SC. The second-order valence-corrected chi connectivity index (χ2v) is 6.67. The first-order valence-corrected chi connectivity index (χ1v) is 8.90. The quantitative estimate of drug-likeness (QED) is 0.732. The maximum Gasteiger partial charge on any atom is 0.124 e. The minimum atomic E-state index is 0.178. The number of halogens is 1. The van der Waals surface area contributed by atoms with Crippen LogP contribution in [0.4, 0.5) is 0 Å². The highest BCUT2D eigenvalue weighted by molar-refractivity contribution is 8.00. The first kappa shape index (κ1) is 16.2. The van der Waals surface area contributed by atoms with Crippen molar-refractivity contribution < 1.29 is 0 Å². The number of imidazole rings is 1. The predicted molar refractivity (Wildman–Crippen MR) is 90.8 cm³/mol. The molecule has 0 atom stereocenters. The second-order valence-electron chi connectivity index (χ2n) is 5.13. The van der Waals surface area contributed by atoms with Crippen LogP contribution in [-0.2, 0) is 12.4 Å². The molecule has 1 heterocycles. The summed E-state index contributed by atoms with van der Waals surface area (Å²) < 4.78 is 2.36. The van der Waals surface area contributed by atoms with Gasteiger partial charge in [-0.3, -0.25) is 0 Å². The smallest absolute Gasteiger partial charge is 0.124 e. The Morgan fingerprint density at radius 2 is 2.10 bits per heavy atom. The standard InChI is InChI=1S/C16H20ClN3S/c1-4-16(5-2,21-3)11-20-13-8-6-7-12(10-18)15(13)19-14(20)9-17/h6-8H,4-5,9,11H2,1-3H3. The molecule has 1 aromatic heterocycles. The van der Waals surface area contributed by atoms with Gasteiger partial charge in [-0.2, -0.15) is 17.0 Å². The van der Waals surface area contributed by atoms with E-state index in [-0.39, 0.29) is 4.75 Å². The Labute approximate surface area is 135 Å². The van der Waals surface area contributed by atoms with Crippen LogP contribution in [0.15, 0.2) is 18.2 Å². The number of para-hydroxylation sites is 1. The highest BCUT2D eigenvalue weighted by Gasteiger charge is 2.27. The number of thioether (sulfide) groups is 1. The van der Waals surface area contributed by atoms with Crippen LogP contribution in [0, 0.1) is 11.3 Å². The fraction of sp³-hybridized carbons (Fsp3) is 0.500. The zero-order valence-corrected chi connectivity index (χ0v) is 14.3. The fourth-order valence-corrected chi connectivity index (χ4v) is 3.72. The summed E-state index contributed by atoms with van der Waals surface area (Å²) in [6, 6.07) is 7.96. The van der Waals surface area contributed by atoms with Crippen molar-refractivity contribution in [3.63, 3.8) is 0 Å². The number of rotatable bonds is 6. The summed E-state index contributed by atoms with van der Waals surface area (Å²) in [6.07, 6.45) is 4.33. The van der Waals surface area contributed by atoms with E-state index in [9.17, 15) is 5.26 Å². The largest absolute Gasteiger partial charge is 0.326 e. The number of hydrogen-bond acceptors (Lipinski definition) is 3. The van der Waals surface area contributed by atoms with Crippen molar-refractivity contribution in [3.05, 3.63) is 29.6 Å². The van der Waals surface area contributed by atoms with Crippen LogP contribution in [0.3, 0.4) is 0 Å². The van der Waals surface area contributed by atoms with Crippen molar-refractivity contribution in [2.45, 2.75) is 43.9 Å². The summed E-state index contributed by atoms with van der Waals surface area (Å²) in [4.78, 5) is 4.59. The lowest BCUT2D eigenvalue weighted by Gasteiger charge is -2.31. The molecule has 112 valence electrons. The number of benzene rings is 1. The normalized spacial score (nSPS) is 11.8. The van der Waals surface area contributed by atoms with Gasteiger partial charge in [-0.1, -0.05) is 19.9 Å². The third-order valence-electron chi connectivity index (χ3n) is 4.27. The Morgan fingerprint density at radius 1 is 1.38 bits per heavy atom. The highest BCUT2D eigenvalue weighted by Crippen LogP contribution is 2.34. The van der Waals surface area contributed by atoms with Gasteiger partial charge < -0.3 is 4.57 Å². The molecule has 0 bridgehead atoms. The van der Waals surface area contributed by atoms with Crippen LogP contribution < -0.4 is 0 Å². The molecule has 0 aliphatic carbocycles. The average Bonchev–Trinajstić information content (AvgIpc) is 2.90. The number of fused-ring (bicyclic) bond motifs is 1. The van der Waals surface area contributed by atoms with E-state index in [1.54, 1.807) is 6.07 Å². The van der Waals surface area contributed by atoms with Gasteiger partial charge in [-0.05, 0) is 31.2 Å². The number of aromatic nitrogens is 2. The Kier molecular flexibility index (Phi) is 5.18. The maximum atomic E-state index is 9.24. The molecule has 2 aromatic rings. The Morgan fingerprint density at radius 3 is 2.62 bits per heavy atom. The van der Waals surface area contributed by atoms with E-state index >= 15 is 0 Å².